The van der Waals surface area contributed by atoms with E-state index in [9.17, 15) is 5.11 Å². The summed E-state index contributed by atoms with van der Waals surface area (Å²) in [5, 5.41) is 14.2. The number of aliphatic hydroxyl groups is 1. The largest absolute Gasteiger partial charge is 0.388 e. The van der Waals surface area contributed by atoms with Crippen LogP contribution in [0.4, 0.5) is 0 Å². The molecule has 2 rings (SSSR count). The van der Waals surface area contributed by atoms with Gasteiger partial charge in [0.15, 0.2) is 0 Å². The van der Waals surface area contributed by atoms with Crippen molar-refractivity contribution in [1.82, 2.24) is 9.78 Å². The van der Waals surface area contributed by atoms with E-state index >= 15 is 0 Å². The first-order valence-corrected chi connectivity index (χ1v) is 5.35. The van der Waals surface area contributed by atoms with E-state index in [4.69, 9.17) is 0 Å². The summed E-state index contributed by atoms with van der Waals surface area (Å²) in [7, 11) is 1.90. The standard InChI is InChI=1S/C11H18N2O/c1-8-10(7-13(2)12-8)11(14)6-9-4-3-5-9/h7,9,11,14H,3-6H2,1-2H3. The van der Waals surface area contributed by atoms with Crippen molar-refractivity contribution in [2.75, 3.05) is 0 Å². The number of aliphatic hydroxyl groups excluding tert-OH is 1. The van der Waals surface area contributed by atoms with Gasteiger partial charge in [-0.05, 0) is 19.3 Å². The summed E-state index contributed by atoms with van der Waals surface area (Å²) in [5.74, 6) is 0.740. The van der Waals surface area contributed by atoms with Gasteiger partial charge in [0.1, 0.15) is 0 Å². The van der Waals surface area contributed by atoms with Gasteiger partial charge in [-0.15, -0.1) is 0 Å². The highest BCUT2D eigenvalue weighted by Crippen LogP contribution is 2.35. The van der Waals surface area contributed by atoms with Crippen molar-refractivity contribution in [3.05, 3.63) is 17.5 Å². The zero-order valence-corrected chi connectivity index (χ0v) is 8.90. The van der Waals surface area contributed by atoms with Crippen LogP contribution in [-0.2, 0) is 7.05 Å². The smallest absolute Gasteiger partial charge is 0.0825 e. The molecule has 0 bridgehead atoms. The Labute approximate surface area is 84.7 Å². The minimum absolute atomic E-state index is 0.311. The molecule has 0 aliphatic heterocycles. The SMILES string of the molecule is Cc1nn(C)cc1C(O)CC1CCC1. The summed E-state index contributed by atoms with van der Waals surface area (Å²) in [6.07, 6.45) is 6.44. The van der Waals surface area contributed by atoms with Crippen molar-refractivity contribution in [1.29, 1.82) is 0 Å². The van der Waals surface area contributed by atoms with Crippen LogP contribution in [0, 0.1) is 12.8 Å². The molecule has 1 aliphatic rings. The molecule has 1 aromatic rings. The van der Waals surface area contributed by atoms with E-state index in [2.05, 4.69) is 5.10 Å². The second kappa shape index (κ2) is 3.73. The van der Waals surface area contributed by atoms with Gasteiger partial charge in [0.25, 0.3) is 0 Å². The summed E-state index contributed by atoms with van der Waals surface area (Å²) < 4.78 is 1.77. The maximum atomic E-state index is 10.00. The van der Waals surface area contributed by atoms with Gasteiger partial charge >= 0.3 is 0 Å². The molecule has 1 N–H and O–H groups in total. The van der Waals surface area contributed by atoms with Crippen LogP contribution in [0.3, 0.4) is 0 Å². The number of aryl methyl sites for hydroxylation is 2. The van der Waals surface area contributed by atoms with Crippen LogP contribution in [0.1, 0.15) is 43.0 Å². The summed E-state index contributed by atoms with van der Waals surface area (Å²) in [6.45, 7) is 1.96. The monoisotopic (exact) mass is 194 g/mol. The number of aromatic nitrogens is 2. The predicted octanol–water partition coefficient (Wildman–Crippen LogP) is 1.95. The molecule has 0 radical (unpaired) electrons. The first-order valence-electron chi connectivity index (χ1n) is 5.35. The Kier molecular flexibility index (Phi) is 2.59. The summed E-state index contributed by atoms with van der Waals surface area (Å²) >= 11 is 0. The van der Waals surface area contributed by atoms with Gasteiger partial charge in [-0.2, -0.15) is 5.10 Å². The van der Waals surface area contributed by atoms with Gasteiger partial charge in [-0.1, -0.05) is 19.3 Å². The van der Waals surface area contributed by atoms with Gasteiger partial charge in [-0.25, -0.2) is 0 Å². The van der Waals surface area contributed by atoms with Crippen LogP contribution in [0.5, 0.6) is 0 Å². The quantitative estimate of drug-likeness (QED) is 0.798. The maximum absolute atomic E-state index is 10.00. The Balaban J connectivity index is 2.02. The van der Waals surface area contributed by atoms with E-state index in [-0.39, 0.29) is 6.10 Å². The normalized spacial score (nSPS) is 19.4. The van der Waals surface area contributed by atoms with Crippen molar-refractivity contribution in [3.63, 3.8) is 0 Å². The molecular formula is C11H18N2O. The van der Waals surface area contributed by atoms with Crippen molar-refractivity contribution < 1.29 is 5.11 Å². The van der Waals surface area contributed by atoms with E-state index in [1.165, 1.54) is 19.3 Å². The molecule has 0 amide bonds. The molecular weight excluding hydrogens is 176 g/mol. The first-order chi connectivity index (χ1) is 6.66. The second-order valence-corrected chi connectivity index (χ2v) is 4.39. The Morgan fingerprint density at radius 1 is 1.64 bits per heavy atom. The number of rotatable bonds is 3. The van der Waals surface area contributed by atoms with Gasteiger partial charge < -0.3 is 5.11 Å². The highest BCUT2D eigenvalue weighted by molar-refractivity contribution is 5.18. The third-order valence-corrected chi connectivity index (χ3v) is 3.19. The molecule has 1 fully saturated rings. The highest BCUT2D eigenvalue weighted by atomic mass is 16.3. The van der Waals surface area contributed by atoms with E-state index < -0.39 is 0 Å². The van der Waals surface area contributed by atoms with Crippen molar-refractivity contribution in [3.8, 4) is 0 Å². The Morgan fingerprint density at radius 3 is 2.79 bits per heavy atom. The van der Waals surface area contributed by atoms with Crippen molar-refractivity contribution in [2.45, 2.75) is 38.7 Å². The summed E-state index contributed by atoms with van der Waals surface area (Å²) in [6, 6.07) is 0. The van der Waals surface area contributed by atoms with Crippen LogP contribution in [0.15, 0.2) is 6.20 Å². The van der Waals surface area contributed by atoms with Crippen LogP contribution < -0.4 is 0 Å². The molecule has 14 heavy (non-hydrogen) atoms. The summed E-state index contributed by atoms with van der Waals surface area (Å²) in [4.78, 5) is 0. The highest BCUT2D eigenvalue weighted by Gasteiger charge is 2.23. The molecule has 1 aliphatic carbocycles. The fraction of sp³-hybridized carbons (Fsp3) is 0.727. The van der Waals surface area contributed by atoms with Gasteiger partial charge in [0, 0.05) is 18.8 Å². The predicted molar refractivity (Wildman–Crippen MR) is 54.9 cm³/mol. The molecule has 1 aromatic heterocycles. The molecule has 1 unspecified atom stereocenters. The lowest BCUT2D eigenvalue weighted by atomic mass is 9.80. The van der Waals surface area contributed by atoms with Crippen molar-refractivity contribution in [2.24, 2.45) is 13.0 Å². The Hall–Kier alpha value is -0.830. The minimum atomic E-state index is -0.311. The molecule has 0 spiro atoms. The number of hydrogen-bond donors (Lipinski definition) is 1. The third kappa shape index (κ3) is 1.82. The molecule has 0 saturated heterocycles. The van der Waals surface area contributed by atoms with Crippen LogP contribution >= 0.6 is 0 Å². The molecule has 3 heteroatoms. The number of hydrogen-bond acceptors (Lipinski definition) is 2. The zero-order valence-electron chi connectivity index (χ0n) is 8.90. The fourth-order valence-electron chi connectivity index (χ4n) is 2.12. The van der Waals surface area contributed by atoms with Gasteiger partial charge in [0.05, 0.1) is 11.8 Å². The molecule has 1 saturated carbocycles. The van der Waals surface area contributed by atoms with Crippen molar-refractivity contribution >= 4 is 0 Å². The Bertz CT molecular complexity index is 315. The van der Waals surface area contributed by atoms with E-state index in [0.29, 0.717) is 0 Å². The van der Waals surface area contributed by atoms with E-state index in [1.54, 1.807) is 4.68 Å². The average Bonchev–Trinajstić information content (AvgIpc) is 2.37. The topological polar surface area (TPSA) is 38.0 Å². The van der Waals surface area contributed by atoms with E-state index in [1.807, 2.05) is 20.2 Å². The minimum Gasteiger partial charge on any atom is -0.388 e. The Morgan fingerprint density at radius 2 is 2.36 bits per heavy atom. The fourth-order valence-corrected chi connectivity index (χ4v) is 2.12. The van der Waals surface area contributed by atoms with Crippen LogP contribution in [0.25, 0.3) is 0 Å². The van der Waals surface area contributed by atoms with E-state index in [0.717, 1.165) is 23.6 Å². The first kappa shape index (κ1) is 9.71. The molecule has 78 valence electrons. The maximum Gasteiger partial charge on any atom is 0.0825 e. The zero-order chi connectivity index (χ0) is 10.1. The second-order valence-electron chi connectivity index (χ2n) is 4.39. The van der Waals surface area contributed by atoms with Crippen LogP contribution in [0.2, 0.25) is 0 Å². The van der Waals surface area contributed by atoms with Gasteiger partial charge in [0.2, 0.25) is 0 Å². The van der Waals surface area contributed by atoms with Crippen LogP contribution in [-0.4, -0.2) is 14.9 Å². The van der Waals surface area contributed by atoms with Gasteiger partial charge in [-0.3, -0.25) is 4.68 Å². The lowest BCUT2D eigenvalue weighted by Gasteiger charge is -2.27. The summed E-state index contributed by atoms with van der Waals surface area (Å²) in [5.41, 5.74) is 1.96. The molecule has 0 aromatic carbocycles. The lowest BCUT2D eigenvalue weighted by molar-refractivity contribution is 0.118. The lowest BCUT2D eigenvalue weighted by Crippen LogP contribution is -2.15. The molecule has 1 heterocycles. The molecule has 3 nitrogen and oxygen atoms in total. The number of nitrogens with zero attached hydrogens (tertiary/aromatic N) is 2. The molecule has 1 atom stereocenters. The third-order valence-electron chi connectivity index (χ3n) is 3.19. The average molecular weight is 194 g/mol.